The molecule has 0 radical (unpaired) electrons. The topological polar surface area (TPSA) is 71.3 Å². The Morgan fingerprint density at radius 1 is 1.10 bits per heavy atom. The predicted molar refractivity (Wildman–Crippen MR) is 120 cm³/mol. The molecule has 150 valence electrons. The highest BCUT2D eigenvalue weighted by atomic mass is 79.9. The van der Waals surface area contributed by atoms with Crippen molar-refractivity contribution in [2.24, 2.45) is 0 Å². The Morgan fingerprint density at radius 3 is 2.53 bits per heavy atom. The Balaban J connectivity index is 1.87. The van der Waals surface area contributed by atoms with E-state index in [0.717, 1.165) is 10.0 Å². The van der Waals surface area contributed by atoms with Crippen molar-refractivity contribution in [1.82, 2.24) is 0 Å². The highest BCUT2D eigenvalue weighted by molar-refractivity contribution is 9.10. The highest BCUT2D eigenvalue weighted by Crippen LogP contribution is 2.29. The van der Waals surface area contributed by atoms with Gasteiger partial charge >= 0.3 is 0 Å². The summed E-state index contributed by atoms with van der Waals surface area (Å²) in [6.07, 6.45) is 1.51. The Hall–Kier alpha value is -3.56. The molecule has 0 aliphatic rings. The van der Waals surface area contributed by atoms with Gasteiger partial charge in [-0.3, -0.25) is 4.79 Å². The lowest BCUT2D eigenvalue weighted by molar-refractivity contribution is -0.112. The first-order chi connectivity index (χ1) is 14.6. The lowest BCUT2D eigenvalue weighted by atomic mass is 10.1. The Bertz CT molecular complexity index is 1100. The van der Waals surface area contributed by atoms with Crippen LogP contribution in [-0.4, -0.2) is 13.0 Å². The number of halogens is 1. The van der Waals surface area contributed by atoms with Crippen molar-refractivity contribution >= 4 is 33.6 Å². The maximum Gasteiger partial charge on any atom is 0.266 e. The highest BCUT2D eigenvalue weighted by Gasteiger charge is 2.13. The summed E-state index contributed by atoms with van der Waals surface area (Å²) in [6.45, 7) is 0.313. The number of ether oxygens (including phenoxy) is 2. The second-order valence-electron chi connectivity index (χ2n) is 6.27. The zero-order chi connectivity index (χ0) is 21.3. The first-order valence-electron chi connectivity index (χ1n) is 9.13. The van der Waals surface area contributed by atoms with Crippen LogP contribution < -0.4 is 14.8 Å². The zero-order valence-electron chi connectivity index (χ0n) is 16.3. The Labute approximate surface area is 183 Å². The van der Waals surface area contributed by atoms with Gasteiger partial charge in [0, 0.05) is 27.4 Å². The molecular weight excluding hydrogens is 444 g/mol. The van der Waals surface area contributed by atoms with Crippen LogP contribution in [0.4, 0.5) is 5.69 Å². The van der Waals surface area contributed by atoms with Crippen LogP contribution in [0.15, 0.2) is 82.8 Å². The number of methoxy groups -OCH3 is 1. The van der Waals surface area contributed by atoms with Gasteiger partial charge in [-0.05, 0) is 36.4 Å². The fourth-order valence-electron chi connectivity index (χ4n) is 2.68. The van der Waals surface area contributed by atoms with E-state index in [1.165, 1.54) is 6.08 Å². The van der Waals surface area contributed by atoms with Crippen molar-refractivity contribution in [1.29, 1.82) is 5.26 Å². The van der Waals surface area contributed by atoms with Gasteiger partial charge in [0.25, 0.3) is 5.91 Å². The van der Waals surface area contributed by atoms with Gasteiger partial charge in [-0.15, -0.1) is 0 Å². The molecule has 0 aromatic heterocycles. The van der Waals surface area contributed by atoms with Crippen molar-refractivity contribution < 1.29 is 14.3 Å². The number of anilines is 1. The molecule has 0 spiro atoms. The van der Waals surface area contributed by atoms with Crippen molar-refractivity contribution in [3.8, 4) is 17.6 Å². The SMILES string of the molecule is COc1ccc(/C=C(\C#N)C(=O)Nc2ccccc2)c(OCc2ccccc2Br)c1. The molecule has 0 saturated heterocycles. The molecule has 0 atom stereocenters. The van der Waals surface area contributed by atoms with E-state index in [4.69, 9.17) is 9.47 Å². The number of nitrogens with one attached hydrogen (secondary N) is 1. The third kappa shape index (κ3) is 5.49. The first kappa shape index (κ1) is 21.2. The molecule has 1 N–H and O–H groups in total. The number of benzene rings is 3. The average molecular weight is 463 g/mol. The van der Waals surface area contributed by atoms with Gasteiger partial charge < -0.3 is 14.8 Å². The summed E-state index contributed by atoms with van der Waals surface area (Å²) in [7, 11) is 1.57. The normalized spacial score (nSPS) is 10.8. The van der Waals surface area contributed by atoms with Gasteiger partial charge in [-0.2, -0.15) is 5.26 Å². The zero-order valence-corrected chi connectivity index (χ0v) is 17.8. The number of amides is 1. The number of hydrogen-bond acceptors (Lipinski definition) is 4. The van der Waals surface area contributed by atoms with Crippen LogP contribution in [0.1, 0.15) is 11.1 Å². The predicted octanol–water partition coefficient (Wildman–Crippen LogP) is 5.58. The molecule has 0 bridgehead atoms. The molecule has 3 aromatic rings. The van der Waals surface area contributed by atoms with E-state index in [1.54, 1.807) is 37.4 Å². The van der Waals surface area contributed by atoms with Gasteiger partial charge in [0.05, 0.1) is 7.11 Å². The van der Waals surface area contributed by atoms with Gasteiger partial charge in [-0.25, -0.2) is 0 Å². The summed E-state index contributed by atoms with van der Waals surface area (Å²) >= 11 is 3.51. The molecule has 0 aliphatic heterocycles. The van der Waals surface area contributed by atoms with E-state index in [2.05, 4.69) is 21.2 Å². The molecule has 3 aromatic carbocycles. The van der Waals surface area contributed by atoms with Crippen LogP contribution in [0.25, 0.3) is 6.08 Å². The van der Waals surface area contributed by atoms with Gasteiger partial charge in [0.2, 0.25) is 0 Å². The largest absolute Gasteiger partial charge is 0.497 e. The number of carbonyl (C=O) groups is 1. The number of hydrogen-bond donors (Lipinski definition) is 1. The number of para-hydroxylation sites is 1. The lowest BCUT2D eigenvalue weighted by Gasteiger charge is -2.12. The molecule has 0 aliphatic carbocycles. The van der Waals surface area contributed by atoms with Crippen molar-refractivity contribution in [3.05, 3.63) is 94.0 Å². The molecule has 0 saturated carbocycles. The minimum atomic E-state index is -0.490. The minimum absolute atomic E-state index is 0.0326. The molecule has 1 amide bonds. The van der Waals surface area contributed by atoms with E-state index in [1.807, 2.05) is 48.5 Å². The second kappa shape index (κ2) is 10.3. The fourth-order valence-corrected chi connectivity index (χ4v) is 3.08. The Morgan fingerprint density at radius 2 is 1.83 bits per heavy atom. The van der Waals surface area contributed by atoms with Crippen molar-refractivity contribution in [2.45, 2.75) is 6.61 Å². The lowest BCUT2D eigenvalue weighted by Crippen LogP contribution is -2.13. The average Bonchev–Trinajstić information content (AvgIpc) is 2.78. The second-order valence-corrected chi connectivity index (χ2v) is 7.13. The summed E-state index contributed by atoms with van der Waals surface area (Å²) in [5.41, 5.74) is 2.15. The van der Waals surface area contributed by atoms with Crippen LogP contribution in [0.3, 0.4) is 0 Å². The fraction of sp³-hybridized carbons (Fsp3) is 0.0833. The van der Waals surface area contributed by atoms with Crippen molar-refractivity contribution in [3.63, 3.8) is 0 Å². The monoisotopic (exact) mass is 462 g/mol. The molecule has 3 rings (SSSR count). The number of rotatable bonds is 7. The van der Waals surface area contributed by atoms with E-state index >= 15 is 0 Å². The maximum atomic E-state index is 12.5. The molecule has 6 heteroatoms. The molecule has 0 heterocycles. The van der Waals surface area contributed by atoms with Gasteiger partial charge in [-0.1, -0.05) is 52.3 Å². The third-order valence-electron chi connectivity index (χ3n) is 4.26. The van der Waals surface area contributed by atoms with E-state index in [0.29, 0.717) is 29.4 Å². The van der Waals surface area contributed by atoms with Crippen LogP contribution in [0.5, 0.6) is 11.5 Å². The molecular formula is C24H19BrN2O3. The number of carbonyl (C=O) groups excluding carboxylic acids is 1. The number of nitrogens with zero attached hydrogens (tertiary/aromatic N) is 1. The summed E-state index contributed by atoms with van der Waals surface area (Å²) < 4.78 is 12.2. The summed E-state index contributed by atoms with van der Waals surface area (Å²) in [5.74, 6) is 0.628. The summed E-state index contributed by atoms with van der Waals surface area (Å²) in [5, 5.41) is 12.2. The maximum absolute atomic E-state index is 12.5. The molecule has 0 unspecified atom stereocenters. The van der Waals surface area contributed by atoms with Crippen LogP contribution in [0, 0.1) is 11.3 Å². The smallest absolute Gasteiger partial charge is 0.266 e. The summed E-state index contributed by atoms with van der Waals surface area (Å²) in [4.78, 5) is 12.5. The van der Waals surface area contributed by atoms with E-state index < -0.39 is 5.91 Å². The van der Waals surface area contributed by atoms with Crippen LogP contribution in [-0.2, 0) is 11.4 Å². The molecule has 0 fully saturated rings. The van der Waals surface area contributed by atoms with Gasteiger partial charge in [0.1, 0.15) is 29.7 Å². The number of nitriles is 1. The standard InChI is InChI=1S/C24H19BrN2O3/c1-29-21-12-11-17(23(14-21)30-16-18-7-5-6-10-22(18)25)13-19(15-26)24(28)27-20-8-3-2-4-9-20/h2-14H,16H2,1H3,(H,27,28)/b19-13+. The third-order valence-corrected chi connectivity index (χ3v) is 5.03. The van der Waals surface area contributed by atoms with Crippen LogP contribution >= 0.6 is 15.9 Å². The van der Waals surface area contributed by atoms with Crippen LogP contribution in [0.2, 0.25) is 0 Å². The summed E-state index contributed by atoms with van der Waals surface area (Å²) in [6, 6.07) is 23.9. The van der Waals surface area contributed by atoms with Gasteiger partial charge in [0.15, 0.2) is 0 Å². The first-order valence-corrected chi connectivity index (χ1v) is 9.92. The quantitative estimate of drug-likeness (QED) is 0.367. The van der Waals surface area contributed by atoms with E-state index in [-0.39, 0.29) is 5.57 Å². The van der Waals surface area contributed by atoms with Crippen molar-refractivity contribution in [2.75, 3.05) is 12.4 Å². The Kier molecular flexibility index (Phi) is 7.25. The molecule has 5 nitrogen and oxygen atoms in total. The minimum Gasteiger partial charge on any atom is -0.497 e. The van der Waals surface area contributed by atoms with E-state index in [9.17, 15) is 10.1 Å². The molecule has 30 heavy (non-hydrogen) atoms.